The SMILES string of the molecule is CNC(=O)C(C)N(Cc1ccc(C)cc1)C(=O)CN1C(=O)c2cccc3cccc1c23. The topological polar surface area (TPSA) is 69.7 Å². The summed E-state index contributed by atoms with van der Waals surface area (Å²) in [6.07, 6.45) is 0. The Labute approximate surface area is 181 Å². The molecule has 4 rings (SSSR count). The van der Waals surface area contributed by atoms with E-state index in [-0.39, 0.29) is 30.8 Å². The van der Waals surface area contributed by atoms with Gasteiger partial charge in [0.2, 0.25) is 11.8 Å². The van der Waals surface area contributed by atoms with Crippen LogP contribution in [-0.4, -0.2) is 42.3 Å². The lowest BCUT2D eigenvalue weighted by Crippen LogP contribution is -2.50. The smallest absolute Gasteiger partial charge is 0.259 e. The summed E-state index contributed by atoms with van der Waals surface area (Å²) in [5, 5.41) is 4.45. The molecule has 0 saturated heterocycles. The molecule has 0 saturated carbocycles. The van der Waals surface area contributed by atoms with Crippen molar-refractivity contribution >= 4 is 34.2 Å². The predicted molar refractivity (Wildman–Crippen MR) is 121 cm³/mol. The van der Waals surface area contributed by atoms with E-state index in [0.29, 0.717) is 5.56 Å². The molecule has 1 atom stereocenters. The van der Waals surface area contributed by atoms with Crippen LogP contribution in [0.3, 0.4) is 0 Å². The van der Waals surface area contributed by atoms with E-state index in [2.05, 4.69) is 5.32 Å². The molecule has 6 heteroatoms. The third-order valence-corrected chi connectivity index (χ3v) is 5.83. The van der Waals surface area contributed by atoms with Crippen LogP contribution in [0.25, 0.3) is 10.8 Å². The normalized spacial score (nSPS) is 13.4. The zero-order valence-corrected chi connectivity index (χ0v) is 17.9. The quantitative estimate of drug-likeness (QED) is 0.672. The molecular formula is C25H25N3O3. The summed E-state index contributed by atoms with van der Waals surface area (Å²) in [6.45, 7) is 3.86. The summed E-state index contributed by atoms with van der Waals surface area (Å²) in [6, 6.07) is 18.5. The second-order valence-corrected chi connectivity index (χ2v) is 7.87. The average Bonchev–Trinajstić information content (AvgIpc) is 3.05. The number of benzene rings is 3. The van der Waals surface area contributed by atoms with Gasteiger partial charge < -0.3 is 10.2 Å². The molecule has 0 spiro atoms. The van der Waals surface area contributed by atoms with E-state index < -0.39 is 6.04 Å². The number of hydrogen-bond acceptors (Lipinski definition) is 3. The third kappa shape index (κ3) is 3.77. The van der Waals surface area contributed by atoms with Crippen LogP contribution in [0, 0.1) is 6.92 Å². The Kier molecular flexibility index (Phi) is 5.46. The maximum absolute atomic E-state index is 13.4. The maximum Gasteiger partial charge on any atom is 0.259 e. The van der Waals surface area contributed by atoms with Crippen molar-refractivity contribution in [2.45, 2.75) is 26.4 Å². The van der Waals surface area contributed by atoms with Gasteiger partial charge in [-0.15, -0.1) is 0 Å². The summed E-state index contributed by atoms with van der Waals surface area (Å²) in [4.78, 5) is 41.9. The van der Waals surface area contributed by atoms with E-state index >= 15 is 0 Å². The number of carbonyl (C=O) groups excluding carboxylic acids is 3. The first-order valence-electron chi connectivity index (χ1n) is 10.3. The van der Waals surface area contributed by atoms with Gasteiger partial charge in [-0.1, -0.05) is 54.1 Å². The zero-order chi connectivity index (χ0) is 22.1. The third-order valence-electron chi connectivity index (χ3n) is 5.83. The Morgan fingerprint density at radius 2 is 1.71 bits per heavy atom. The highest BCUT2D eigenvalue weighted by atomic mass is 16.2. The average molecular weight is 415 g/mol. The second-order valence-electron chi connectivity index (χ2n) is 7.87. The number of rotatable bonds is 6. The molecule has 158 valence electrons. The summed E-state index contributed by atoms with van der Waals surface area (Å²) < 4.78 is 0. The number of carbonyl (C=O) groups is 3. The number of nitrogens with one attached hydrogen (secondary N) is 1. The Hall–Kier alpha value is -3.67. The van der Waals surface area contributed by atoms with Crippen LogP contribution in [0.5, 0.6) is 0 Å². The van der Waals surface area contributed by atoms with Crippen molar-refractivity contribution in [2.75, 3.05) is 18.5 Å². The molecule has 0 radical (unpaired) electrons. The van der Waals surface area contributed by atoms with Crippen molar-refractivity contribution in [1.82, 2.24) is 10.2 Å². The molecule has 1 aliphatic rings. The first-order chi connectivity index (χ1) is 14.9. The molecule has 6 nitrogen and oxygen atoms in total. The molecule has 0 bridgehead atoms. The highest BCUT2D eigenvalue weighted by Crippen LogP contribution is 2.37. The minimum Gasteiger partial charge on any atom is -0.357 e. The van der Waals surface area contributed by atoms with Crippen LogP contribution >= 0.6 is 0 Å². The lowest BCUT2D eigenvalue weighted by atomic mass is 10.1. The van der Waals surface area contributed by atoms with Gasteiger partial charge >= 0.3 is 0 Å². The molecule has 0 aliphatic carbocycles. The van der Waals surface area contributed by atoms with Crippen molar-refractivity contribution in [3.63, 3.8) is 0 Å². The van der Waals surface area contributed by atoms with Gasteiger partial charge in [0.05, 0.1) is 5.69 Å². The van der Waals surface area contributed by atoms with E-state index in [1.54, 1.807) is 20.0 Å². The van der Waals surface area contributed by atoms with E-state index in [4.69, 9.17) is 0 Å². The van der Waals surface area contributed by atoms with Gasteiger partial charge in [0.25, 0.3) is 5.91 Å². The molecule has 1 aliphatic heterocycles. The number of hydrogen-bond donors (Lipinski definition) is 1. The van der Waals surface area contributed by atoms with Gasteiger partial charge in [-0.2, -0.15) is 0 Å². The monoisotopic (exact) mass is 415 g/mol. The number of amides is 3. The zero-order valence-electron chi connectivity index (χ0n) is 17.9. The largest absolute Gasteiger partial charge is 0.357 e. The Balaban J connectivity index is 1.63. The number of aryl methyl sites for hydroxylation is 1. The molecule has 0 aromatic heterocycles. The summed E-state index contributed by atoms with van der Waals surface area (Å²) >= 11 is 0. The molecule has 1 N–H and O–H groups in total. The van der Waals surface area contributed by atoms with Gasteiger partial charge in [0, 0.05) is 24.5 Å². The predicted octanol–water partition coefficient (Wildman–Crippen LogP) is 3.27. The van der Waals surface area contributed by atoms with Crippen molar-refractivity contribution < 1.29 is 14.4 Å². The van der Waals surface area contributed by atoms with Crippen molar-refractivity contribution in [3.8, 4) is 0 Å². The van der Waals surface area contributed by atoms with E-state index in [9.17, 15) is 14.4 Å². The van der Waals surface area contributed by atoms with Crippen LogP contribution < -0.4 is 10.2 Å². The van der Waals surface area contributed by atoms with Crippen molar-refractivity contribution in [2.24, 2.45) is 0 Å². The molecular weight excluding hydrogens is 390 g/mol. The number of anilines is 1. The minimum absolute atomic E-state index is 0.125. The molecule has 1 unspecified atom stereocenters. The summed E-state index contributed by atoms with van der Waals surface area (Å²) in [7, 11) is 1.55. The fraction of sp³-hybridized carbons (Fsp3) is 0.240. The second kappa shape index (κ2) is 8.22. The van der Waals surface area contributed by atoms with Crippen LogP contribution in [0.15, 0.2) is 60.7 Å². The fourth-order valence-electron chi connectivity index (χ4n) is 4.04. The molecule has 3 aromatic rings. The Bertz CT molecular complexity index is 1170. The van der Waals surface area contributed by atoms with Gasteiger partial charge in [-0.3, -0.25) is 19.3 Å². The maximum atomic E-state index is 13.4. The Morgan fingerprint density at radius 1 is 1.03 bits per heavy atom. The fourth-order valence-corrected chi connectivity index (χ4v) is 4.04. The van der Waals surface area contributed by atoms with E-state index in [1.807, 2.05) is 61.5 Å². The molecule has 3 aromatic carbocycles. The molecule has 1 heterocycles. The van der Waals surface area contributed by atoms with Crippen molar-refractivity contribution in [1.29, 1.82) is 0 Å². The number of likely N-dealkylation sites (N-methyl/N-ethyl adjacent to an activating group) is 1. The lowest BCUT2D eigenvalue weighted by Gasteiger charge is -2.30. The molecule has 0 fully saturated rings. The van der Waals surface area contributed by atoms with Gasteiger partial charge in [-0.25, -0.2) is 0 Å². The Morgan fingerprint density at radius 3 is 2.39 bits per heavy atom. The minimum atomic E-state index is -0.672. The number of nitrogens with zero attached hydrogens (tertiary/aromatic N) is 2. The van der Waals surface area contributed by atoms with Gasteiger partial charge in [0.1, 0.15) is 12.6 Å². The van der Waals surface area contributed by atoms with Gasteiger partial charge in [0.15, 0.2) is 0 Å². The standard InChI is InChI=1S/C25H25N3O3/c1-16-10-12-18(13-11-16)14-27(17(2)24(30)26-3)22(29)15-28-21-9-5-7-19-6-4-8-20(23(19)21)25(28)31/h4-13,17H,14-15H2,1-3H3,(H,26,30). The highest BCUT2D eigenvalue weighted by Gasteiger charge is 2.34. The molecule has 31 heavy (non-hydrogen) atoms. The van der Waals surface area contributed by atoms with Gasteiger partial charge in [-0.05, 0) is 36.9 Å². The summed E-state index contributed by atoms with van der Waals surface area (Å²) in [5.74, 6) is -0.725. The lowest BCUT2D eigenvalue weighted by molar-refractivity contribution is -0.139. The summed E-state index contributed by atoms with van der Waals surface area (Å²) in [5.41, 5.74) is 3.38. The van der Waals surface area contributed by atoms with Crippen molar-refractivity contribution in [3.05, 3.63) is 77.4 Å². The van der Waals surface area contributed by atoms with Crippen LogP contribution in [0.1, 0.15) is 28.4 Å². The van der Waals surface area contributed by atoms with Crippen LogP contribution in [0.2, 0.25) is 0 Å². The highest BCUT2D eigenvalue weighted by molar-refractivity contribution is 6.26. The van der Waals surface area contributed by atoms with E-state index in [1.165, 1.54) is 9.80 Å². The molecule has 3 amide bonds. The first-order valence-corrected chi connectivity index (χ1v) is 10.3. The van der Waals surface area contributed by atoms with E-state index in [0.717, 1.165) is 27.6 Å². The van der Waals surface area contributed by atoms with Crippen LogP contribution in [0.4, 0.5) is 5.69 Å². The first kappa shape index (κ1) is 20.6. The van der Waals surface area contributed by atoms with Crippen LogP contribution in [-0.2, 0) is 16.1 Å².